The highest BCUT2D eigenvalue weighted by molar-refractivity contribution is 9.11. The van der Waals surface area contributed by atoms with Crippen LogP contribution in [0.5, 0.6) is 0 Å². The fourth-order valence-corrected chi connectivity index (χ4v) is 2.79. The third-order valence-electron chi connectivity index (χ3n) is 2.67. The number of benzene rings is 2. The predicted molar refractivity (Wildman–Crippen MR) is 81.4 cm³/mol. The molecule has 0 N–H and O–H groups in total. The van der Waals surface area contributed by atoms with Gasteiger partial charge in [-0.05, 0) is 42.8 Å². The zero-order chi connectivity index (χ0) is 14.2. The molecule has 0 heterocycles. The van der Waals surface area contributed by atoms with Gasteiger partial charge in [-0.15, -0.1) is 0 Å². The predicted octanol–water partition coefficient (Wildman–Crippen LogP) is 5.54. The average Bonchev–Trinajstić information content (AvgIpc) is 2.36. The van der Waals surface area contributed by atoms with Crippen molar-refractivity contribution in [2.75, 3.05) is 0 Å². The van der Waals surface area contributed by atoms with Gasteiger partial charge in [0.25, 0.3) is 0 Å². The van der Waals surface area contributed by atoms with Gasteiger partial charge in [-0.2, -0.15) is 0 Å². The molecule has 0 aromatic heterocycles. The molecule has 0 unspecified atom stereocenters. The van der Waals surface area contributed by atoms with Crippen LogP contribution in [-0.2, 0) is 0 Å². The van der Waals surface area contributed by atoms with Crippen molar-refractivity contribution in [3.63, 3.8) is 0 Å². The highest BCUT2D eigenvalue weighted by Gasteiger charge is 2.18. The van der Waals surface area contributed by atoms with Crippen molar-refractivity contribution in [1.82, 2.24) is 0 Å². The molecule has 2 aromatic carbocycles. The molecule has 2 aromatic rings. The molecular formula is C14H8Br2ClFO. The summed E-state index contributed by atoms with van der Waals surface area (Å²) in [4.78, 5) is 12.4. The highest BCUT2D eigenvalue weighted by atomic mass is 79.9. The Morgan fingerprint density at radius 3 is 2.47 bits per heavy atom. The monoisotopic (exact) mass is 404 g/mol. The summed E-state index contributed by atoms with van der Waals surface area (Å²) >= 11 is 12.5. The van der Waals surface area contributed by atoms with Crippen LogP contribution >= 0.6 is 43.5 Å². The molecule has 19 heavy (non-hydrogen) atoms. The summed E-state index contributed by atoms with van der Waals surface area (Å²) in [7, 11) is 0. The molecule has 0 atom stereocenters. The summed E-state index contributed by atoms with van der Waals surface area (Å²) in [6.07, 6.45) is 0. The van der Waals surface area contributed by atoms with Gasteiger partial charge in [-0.1, -0.05) is 43.5 Å². The van der Waals surface area contributed by atoms with Crippen molar-refractivity contribution in [1.29, 1.82) is 0 Å². The fraction of sp³-hybridized carbons (Fsp3) is 0.0714. The van der Waals surface area contributed by atoms with Gasteiger partial charge in [0, 0.05) is 19.5 Å². The molecule has 0 saturated heterocycles. The molecule has 5 heteroatoms. The van der Waals surface area contributed by atoms with Crippen molar-refractivity contribution in [3.8, 4) is 0 Å². The lowest BCUT2D eigenvalue weighted by Crippen LogP contribution is -2.05. The van der Waals surface area contributed by atoms with Crippen molar-refractivity contribution >= 4 is 49.2 Å². The zero-order valence-electron chi connectivity index (χ0n) is 9.81. The first-order valence-electron chi connectivity index (χ1n) is 5.35. The summed E-state index contributed by atoms with van der Waals surface area (Å²) in [6.45, 7) is 1.91. The summed E-state index contributed by atoms with van der Waals surface area (Å²) in [5.74, 6) is -0.995. The standard InChI is InChI=1S/C14H8Br2ClFO/c1-7-4-12(16)9(6-11(7)15)14(19)10-5-8(17)2-3-13(10)18/h2-6H,1H3. The maximum Gasteiger partial charge on any atom is 0.197 e. The van der Waals surface area contributed by atoms with E-state index in [1.54, 1.807) is 12.1 Å². The number of ketones is 1. The first-order chi connectivity index (χ1) is 8.90. The van der Waals surface area contributed by atoms with E-state index in [-0.39, 0.29) is 5.56 Å². The number of hydrogen-bond donors (Lipinski definition) is 0. The van der Waals surface area contributed by atoms with E-state index in [1.165, 1.54) is 18.2 Å². The number of rotatable bonds is 2. The van der Waals surface area contributed by atoms with E-state index in [1.807, 2.05) is 6.92 Å². The normalized spacial score (nSPS) is 10.6. The minimum atomic E-state index is -0.585. The number of carbonyl (C=O) groups is 1. The lowest BCUT2D eigenvalue weighted by Gasteiger charge is -2.08. The number of hydrogen-bond acceptors (Lipinski definition) is 1. The number of halogens is 4. The Morgan fingerprint density at radius 1 is 1.11 bits per heavy atom. The first kappa shape index (κ1) is 14.7. The van der Waals surface area contributed by atoms with Crippen molar-refractivity contribution in [2.24, 2.45) is 0 Å². The quantitative estimate of drug-likeness (QED) is 0.598. The maximum atomic E-state index is 13.7. The summed E-state index contributed by atoms with van der Waals surface area (Å²) in [5, 5.41) is 0.326. The molecule has 0 spiro atoms. The van der Waals surface area contributed by atoms with Crippen LogP contribution in [0.15, 0.2) is 39.3 Å². The molecule has 0 aliphatic heterocycles. The summed E-state index contributed by atoms with van der Waals surface area (Å²) in [5.41, 5.74) is 1.33. The SMILES string of the molecule is Cc1cc(Br)c(C(=O)c2cc(Cl)ccc2F)cc1Br. The summed E-state index contributed by atoms with van der Waals surface area (Å²) < 4.78 is 15.1. The molecule has 0 aliphatic carbocycles. The van der Waals surface area contributed by atoms with E-state index in [2.05, 4.69) is 31.9 Å². The lowest BCUT2D eigenvalue weighted by molar-refractivity contribution is 0.103. The van der Waals surface area contributed by atoms with E-state index in [0.29, 0.717) is 15.1 Å². The van der Waals surface area contributed by atoms with Gasteiger partial charge in [0.1, 0.15) is 5.82 Å². The van der Waals surface area contributed by atoms with Crippen LogP contribution < -0.4 is 0 Å². The van der Waals surface area contributed by atoms with Crippen molar-refractivity contribution < 1.29 is 9.18 Å². The Labute approximate surface area is 132 Å². The zero-order valence-corrected chi connectivity index (χ0v) is 13.7. The highest BCUT2D eigenvalue weighted by Crippen LogP contribution is 2.28. The van der Waals surface area contributed by atoms with Gasteiger partial charge in [0.15, 0.2) is 5.78 Å². The molecule has 0 aliphatic rings. The topological polar surface area (TPSA) is 17.1 Å². The molecule has 0 fully saturated rings. The molecular weight excluding hydrogens is 398 g/mol. The average molecular weight is 406 g/mol. The third kappa shape index (κ3) is 3.07. The molecule has 0 radical (unpaired) electrons. The van der Waals surface area contributed by atoms with Crippen LogP contribution in [0.1, 0.15) is 21.5 Å². The van der Waals surface area contributed by atoms with Crippen LogP contribution in [0.4, 0.5) is 4.39 Å². The van der Waals surface area contributed by atoms with Crippen molar-refractivity contribution in [3.05, 3.63) is 66.8 Å². The van der Waals surface area contributed by atoms with E-state index < -0.39 is 11.6 Å². The van der Waals surface area contributed by atoms with Gasteiger partial charge >= 0.3 is 0 Å². The van der Waals surface area contributed by atoms with Gasteiger partial charge in [0.05, 0.1) is 5.56 Å². The van der Waals surface area contributed by atoms with Crippen LogP contribution in [0.3, 0.4) is 0 Å². The van der Waals surface area contributed by atoms with E-state index in [0.717, 1.165) is 10.0 Å². The number of aryl methyl sites for hydroxylation is 1. The van der Waals surface area contributed by atoms with E-state index >= 15 is 0 Å². The Bertz CT molecular complexity index is 671. The Morgan fingerprint density at radius 2 is 1.79 bits per heavy atom. The second kappa shape index (κ2) is 5.73. The van der Waals surface area contributed by atoms with Gasteiger partial charge < -0.3 is 0 Å². The number of carbonyl (C=O) groups excluding carboxylic acids is 1. The smallest absolute Gasteiger partial charge is 0.197 e. The molecule has 0 saturated carbocycles. The second-order valence-corrected chi connectivity index (χ2v) is 6.18. The maximum absolute atomic E-state index is 13.7. The largest absolute Gasteiger partial charge is 0.288 e. The van der Waals surface area contributed by atoms with Gasteiger partial charge in [-0.25, -0.2) is 4.39 Å². The third-order valence-corrected chi connectivity index (χ3v) is 4.41. The Hall–Kier alpha value is -0.710. The van der Waals surface area contributed by atoms with Crippen LogP contribution in [0.25, 0.3) is 0 Å². The molecule has 98 valence electrons. The minimum Gasteiger partial charge on any atom is -0.288 e. The Balaban J connectivity index is 2.56. The second-order valence-electron chi connectivity index (χ2n) is 4.03. The molecule has 2 rings (SSSR count). The van der Waals surface area contributed by atoms with E-state index in [9.17, 15) is 9.18 Å². The lowest BCUT2D eigenvalue weighted by atomic mass is 10.0. The van der Waals surface area contributed by atoms with E-state index in [4.69, 9.17) is 11.6 Å². The fourth-order valence-electron chi connectivity index (χ4n) is 1.64. The first-order valence-corrected chi connectivity index (χ1v) is 7.32. The minimum absolute atomic E-state index is 0.0380. The molecule has 0 amide bonds. The Kier molecular flexibility index (Phi) is 4.43. The molecule has 0 bridgehead atoms. The van der Waals surface area contributed by atoms with Crippen LogP contribution in [0, 0.1) is 12.7 Å². The van der Waals surface area contributed by atoms with Gasteiger partial charge in [-0.3, -0.25) is 4.79 Å². The summed E-state index contributed by atoms with van der Waals surface area (Å²) in [6, 6.07) is 7.40. The van der Waals surface area contributed by atoms with Crippen molar-refractivity contribution in [2.45, 2.75) is 6.92 Å². The molecule has 1 nitrogen and oxygen atoms in total. The van der Waals surface area contributed by atoms with Crippen LogP contribution in [-0.4, -0.2) is 5.78 Å². The van der Waals surface area contributed by atoms with Crippen LogP contribution in [0.2, 0.25) is 5.02 Å². The van der Waals surface area contributed by atoms with Gasteiger partial charge in [0.2, 0.25) is 0 Å².